The predicted octanol–water partition coefficient (Wildman–Crippen LogP) is 3.18. The maximum atomic E-state index is 12.0. The highest BCUT2D eigenvalue weighted by Gasteiger charge is 2.45. The molecule has 2 aromatic rings. The van der Waals surface area contributed by atoms with Crippen molar-refractivity contribution in [3.05, 3.63) is 47.0 Å². The molecule has 0 saturated heterocycles. The molecule has 3 rings (SSSR count). The standard InChI is InChI=1S/C13H11BrN2O2/c14-11-4-1-5-12(15-11)16-13(17)9-7-8(9)10-3-2-6-18-10/h1-6,8-9H,7H2,(H,15,16,17)/t8-,9+/m0/s1. The number of carbonyl (C=O) groups excluding carboxylic acids is 1. The van der Waals surface area contributed by atoms with Gasteiger partial charge in [-0.2, -0.15) is 0 Å². The average Bonchev–Trinajstić information content (AvgIpc) is 2.96. The van der Waals surface area contributed by atoms with Crippen molar-refractivity contribution in [1.29, 1.82) is 0 Å². The summed E-state index contributed by atoms with van der Waals surface area (Å²) in [6.45, 7) is 0. The average molecular weight is 307 g/mol. The number of amides is 1. The molecule has 2 aromatic heterocycles. The van der Waals surface area contributed by atoms with Gasteiger partial charge in [-0.1, -0.05) is 6.07 Å². The second-order valence-electron chi connectivity index (χ2n) is 4.30. The molecule has 1 aliphatic rings. The Hall–Kier alpha value is -1.62. The molecule has 0 spiro atoms. The molecule has 0 aliphatic heterocycles. The van der Waals surface area contributed by atoms with E-state index in [-0.39, 0.29) is 17.7 Å². The van der Waals surface area contributed by atoms with Crippen LogP contribution in [0.1, 0.15) is 18.1 Å². The van der Waals surface area contributed by atoms with Crippen LogP contribution < -0.4 is 5.32 Å². The molecule has 5 heteroatoms. The van der Waals surface area contributed by atoms with Crippen molar-refractivity contribution < 1.29 is 9.21 Å². The van der Waals surface area contributed by atoms with Gasteiger partial charge >= 0.3 is 0 Å². The smallest absolute Gasteiger partial charge is 0.229 e. The monoisotopic (exact) mass is 306 g/mol. The molecule has 1 N–H and O–H groups in total. The van der Waals surface area contributed by atoms with Gasteiger partial charge in [0.1, 0.15) is 16.2 Å². The molecule has 0 unspecified atom stereocenters. The summed E-state index contributed by atoms with van der Waals surface area (Å²) in [5.41, 5.74) is 0. The second-order valence-corrected chi connectivity index (χ2v) is 5.11. The molecule has 0 radical (unpaired) electrons. The van der Waals surface area contributed by atoms with Crippen LogP contribution in [0, 0.1) is 5.92 Å². The minimum absolute atomic E-state index is 0.00185. The third kappa shape index (κ3) is 2.31. The molecule has 2 heterocycles. The van der Waals surface area contributed by atoms with Crippen LogP contribution in [0.15, 0.2) is 45.6 Å². The summed E-state index contributed by atoms with van der Waals surface area (Å²) in [5.74, 6) is 1.67. The Morgan fingerprint density at radius 1 is 1.39 bits per heavy atom. The van der Waals surface area contributed by atoms with Crippen LogP contribution in [0.2, 0.25) is 0 Å². The number of nitrogens with one attached hydrogen (secondary N) is 1. The van der Waals surface area contributed by atoms with Crippen LogP contribution in [0.3, 0.4) is 0 Å². The van der Waals surface area contributed by atoms with Crippen molar-refractivity contribution in [2.24, 2.45) is 5.92 Å². The van der Waals surface area contributed by atoms with E-state index < -0.39 is 0 Å². The number of aromatic nitrogens is 1. The summed E-state index contributed by atoms with van der Waals surface area (Å²) in [7, 11) is 0. The number of pyridine rings is 1. The Balaban J connectivity index is 1.64. The second kappa shape index (κ2) is 4.57. The molecule has 2 atom stereocenters. The van der Waals surface area contributed by atoms with E-state index >= 15 is 0 Å². The largest absolute Gasteiger partial charge is 0.469 e. The van der Waals surface area contributed by atoms with Crippen LogP contribution >= 0.6 is 15.9 Å². The first-order valence-electron chi connectivity index (χ1n) is 5.71. The molecule has 0 aromatic carbocycles. The summed E-state index contributed by atoms with van der Waals surface area (Å²) >= 11 is 3.27. The minimum Gasteiger partial charge on any atom is -0.469 e. The maximum Gasteiger partial charge on any atom is 0.229 e. The SMILES string of the molecule is O=C(Nc1cccc(Br)n1)[C@@H]1C[C@@H]1c1ccco1. The summed E-state index contributed by atoms with van der Waals surface area (Å²) in [4.78, 5) is 16.2. The molecular formula is C13H11BrN2O2. The number of hydrogen-bond acceptors (Lipinski definition) is 3. The zero-order chi connectivity index (χ0) is 12.5. The van der Waals surface area contributed by atoms with E-state index in [2.05, 4.69) is 26.2 Å². The van der Waals surface area contributed by atoms with E-state index in [9.17, 15) is 4.79 Å². The number of halogens is 1. The summed E-state index contributed by atoms with van der Waals surface area (Å²) in [6, 6.07) is 9.18. The van der Waals surface area contributed by atoms with E-state index in [0.29, 0.717) is 10.4 Å². The molecule has 0 bridgehead atoms. The van der Waals surface area contributed by atoms with Crippen molar-refractivity contribution in [3.8, 4) is 0 Å². The van der Waals surface area contributed by atoms with Crippen molar-refractivity contribution in [2.45, 2.75) is 12.3 Å². The maximum absolute atomic E-state index is 12.0. The highest BCUT2D eigenvalue weighted by Crippen LogP contribution is 2.48. The van der Waals surface area contributed by atoms with E-state index in [4.69, 9.17) is 4.42 Å². The fourth-order valence-corrected chi connectivity index (χ4v) is 2.34. The van der Waals surface area contributed by atoms with E-state index in [1.54, 1.807) is 12.3 Å². The number of carbonyl (C=O) groups is 1. The number of nitrogens with zero attached hydrogens (tertiary/aromatic N) is 1. The number of rotatable bonds is 3. The van der Waals surface area contributed by atoms with Gasteiger partial charge in [0.15, 0.2) is 0 Å². The molecule has 1 fully saturated rings. The summed E-state index contributed by atoms with van der Waals surface area (Å²) < 4.78 is 6.01. The fourth-order valence-electron chi connectivity index (χ4n) is 2.00. The van der Waals surface area contributed by atoms with Gasteiger partial charge in [0.25, 0.3) is 0 Å². The highest BCUT2D eigenvalue weighted by molar-refractivity contribution is 9.10. The third-order valence-corrected chi connectivity index (χ3v) is 3.44. The number of furan rings is 1. The van der Waals surface area contributed by atoms with Crippen molar-refractivity contribution in [1.82, 2.24) is 4.98 Å². The van der Waals surface area contributed by atoms with Crippen molar-refractivity contribution >= 4 is 27.7 Å². The van der Waals surface area contributed by atoms with Gasteiger partial charge in [-0.15, -0.1) is 0 Å². The number of hydrogen-bond donors (Lipinski definition) is 1. The lowest BCUT2D eigenvalue weighted by molar-refractivity contribution is -0.117. The zero-order valence-corrected chi connectivity index (χ0v) is 11.1. The first-order chi connectivity index (χ1) is 8.74. The van der Waals surface area contributed by atoms with Crippen LogP contribution in [0.5, 0.6) is 0 Å². The highest BCUT2D eigenvalue weighted by atomic mass is 79.9. The Bertz CT molecular complexity index is 568. The Labute approximate surface area is 113 Å². The topological polar surface area (TPSA) is 55.1 Å². The summed E-state index contributed by atoms with van der Waals surface area (Å²) in [6.07, 6.45) is 2.48. The Morgan fingerprint density at radius 2 is 2.28 bits per heavy atom. The van der Waals surface area contributed by atoms with Crippen molar-refractivity contribution in [3.63, 3.8) is 0 Å². The quantitative estimate of drug-likeness (QED) is 0.886. The normalized spacial score (nSPS) is 21.6. The molecule has 1 saturated carbocycles. The first-order valence-corrected chi connectivity index (χ1v) is 6.50. The van der Waals surface area contributed by atoms with Gasteiger partial charge in [-0.05, 0) is 46.6 Å². The lowest BCUT2D eigenvalue weighted by Crippen LogP contribution is -2.15. The Kier molecular flexibility index (Phi) is 2.91. The fraction of sp³-hybridized carbons (Fsp3) is 0.231. The van der Waals surface area contributed by atoms with Gasteiger partial charge in [-0.25, -0.2) is 4.98 Å². The molecule has 18 heavy (non-hydrogen) atoms. The third-order valence-electron chi connectivity index (χ3n) is 3.00. The summed E-state index contributed by atoms with van der Waals surface area (Å²) in [5, 5.41) is 2.81. The molecule has 1 amide bonds. The van der Waals surface area contributed by atoms with E-state index in [1.165, 1.54) is 0 Å². The van der Waals surface area contributed by atoms with Gasteiger partial charge in [0, 0.05) is 11.8 Å². The van der Waals surface area contributed by atoms with Crippen LogP contribution in [0.25, 0.3) is 0 Å². The van der Waals surface area contributed by atoms with Gasteiger partial charge in [-0.3, -0.25) is 4.79 Å². The van der Waals surface area contributed by atoms with Crippen molar-refractivity contribution in [2.75, 3.05) is 5.32 Å². The van der Waals surface area contributed by atoms with Gasteiger partial charge in [0.2, 0.25) is 5.91 Å². The van der Waals surface area contributed by atoms with Crippen LogP contribution in [0.4, 0.5) is 5.82 Å². The van der Waals surface area contributed by atoms with E-state index in [0.717, 1.165) is 12.2 Å². The van der Waals surface area contributed by atoms with E-state index in [1.807, 2.05) is 24.3 Å². The minimum atomic E-state index is -0.00284. The van der Waals surface area contributed by atoms with Crippen LogP contribution in [-0.2, 0) is 4.79 Å². The van der Waals surface area contributed by atoms with Crippen LogP contribution in [-0.4, -0.2) is 10.9 Å². The first kappa shape index (κ1) is 11.5. The zero-order valence-electron chi connectivity index (χ0n) is 9.47. The van der Waals surface area contributed by atoms with Gasteiger partial charge < -0.3 is 9.73 Å². The molecule has 92 valence electrons. The lowest BCUT2D eigenvalue weighted by Gasteiger charge is -2.03. The predicted molar refractivity (Wildman–Crippen MR) is 70.1 cm³/mol. The van der Waals surface area contributed by atoms with Gasteiger partial charge in [0.05, 0.1) is 6.26 Å². The molecular weight excluding hydrogens is 296 g/mol. The number of anilines is 1. The molecule has 1 aliphatic carbocycles. The Morgan fingerprint density at radius 3 is 3.00 bits per heavy atom. The lowest BCUT2D eigenvalue weighted by atomic mass is 10.2. The molecule has 4 nitrogen and oxygen atoms in total.